The zero-order valence-corrected chi connectivity index (χ0v) is 18.7. The Hall–Kier alpha value is -2.40. The van der Waals surface area contributed by atoms with Gasteiger partial charge in [0.2, 0.25) is 11.9 Å². The molecule has 1 saturated heterocycles. The van der Waals surface area contributed by atoms with Crippen LogP contribution in [0.1, 0.15) is 35.5 Å². The molecular weight excluding hydrogens is 430 g/mol. The van der Waals surface area contributed by atoms with Crippen LogP contribution in [-0.2, 0) is 17.6 Å². The van der Waals surface area contributed by atoms with Crippen LogP contribution < -0.4 is 21.1 Å². The quantitative estimate of drug-likeness (QED) is 0.524. The third kappa shape index (κ3) is 3.25. The van der Waals surface area contributed by atoms with Crippen LogP contribution in [0.5, 0.6) is 0 Å². The number of amides is 1. The molecule has 1 fully saturated rings. The molecule has 31 heavy (non-hydrogen) atoms. The second-order valence-electron chi connectivity index (χ2n) is 8.20. The van der Waals surface area contributed by atoms with Gasteiger partial charge in [0.15, 0.2) is 5.16 Å². The van der Waals surface area contributed by atoms with Crippen LogP contribution in [0, 0.1) is 5.92 Å². The van der Waals surface area contributed by atoms with Gasteiger partial charge in [-0.3, -0.25) is 15.1 Å². The molecule has 160 valence electrons. The van der Waals surface area contributed by atoms with Crippen LogP contribution in [0.2, 0.25) is 0 Å². The number of para-hydroxylation sites is 1. The highest BCUT2D eigenvalue weighted by Gasteiger charge is 2.42. The molecule has 0 bridgehead atoms. The Labute approximate surface area is 188 Å². The van der Waals surface area contributed by atoms with Crippen molar-refractivity contribution in [2.75, 3.05) is 22.7 Å². The first-order valence-corrected chi connectivity index (χ1v) is 12.3. The molecule has 2 aromatic heterocycles. The van der Waals surface area contributed by atoms with Gasteiger partial charge in [-0.1, -0.05) is 36.9 Å². The van der Waals surface area contributed by atoms with Gasteiger partial charge in [-0.25, -0.2) is 9.99 Å². The maximum Gasteiger partial charge on any atom is 0.249 e. The molecule has 2 atom stereocenters. The molecular formula is C21H23N7OS2. The first-order chi connectivity index (χ1) is 15.2. The number of fused-ring (bicyclic) bond motifs is 8. The van der Waals surface area contributed by atoms with E-state index < -0.39 is 0 Å². The average Bonchev–Trinajstić information content (AvgIpc) is 3.48. The molecule has 0 radical (unpaired) electrons. The molecule has 1 amide bonds. The summed E-state index contributed by atoms with van der Waals surface area (Å²) < 4.78 is 2.12. The Balaban J connectivity index is 1.32. The third-order valence-corrected chi connectivity index (χ3v) is 8.25. The lowest BCUT2D eigenvalue weighted by Gasteiger charge is -2.31. The minimum atomic E-state index is -0.0530. The summed E-state index contributed by atoms with van der Waals surface area (Å²) >= 11 is 3.28. The number of rotatable bonds is 4. The molecule has 10 heteroatoms. The number of benzene rings is 1. The van der Waals surface area contributed by atoms with Gasteiger partial charge in [0.25, 0.3) is 0 Å². The largest absolute Gasteiger partial charge is 0.325 e. The van der Waals surface area contributed by atoms with E-state index >= 15 is 0 Å². The fraction of sp³-hybridized carbons (Fsp3) is 0.381. The van der Waals surface area contributed by atoms with Crippen LogP contribution in [0.3, 0.4) is 0 Å². The van der Waals surface area contributed by atoms with Crippen molar-refractivity contribution >= 4 is 40.6 Å². The summed E-state index contributed by atoms with van der Waals surface area (Å²) in [5.74, 6) is 1.70. The first kappa shape index (κ1) is 19.3. The number of nitrogens with one attached hydrogen (secondary N) is 3. The lowest BCUT2D eigenvalue weighted by Crippen LogP contribution is -2.39. The Kier molecular flexibility index (Phi) is 4.75. The summed E-state index contributed by atoms with van der Waals surface area (Å²) in [6.07, 6.45) is 3.57. The third-order valence-electron chi connectivity index (χ3n) is 6.03. The highest BCUT2D eigenvalue weighted by Crippen LogP contribution is 2.48. The zero-order valence-electron chi connectivity index (χ0n) is 17.1. The predicted octanol–water partition coefficient (Wildman–Crippen LogP) is 3.07. The minimum absolute atomic E-state index is 0.0530. The fourth-order valence-electron chi connectivity index (χ4n) is 4.58. The number of anilines is 2. The number of hydrazine groups is 1. The van der Waals surface area contributed by atoms with Crippen molar-refractivity contribution in [3.05, 3.63) is 46.3 Å². The molecule has 2 aliphatic heterocycles. The Morgan fingerprint density at radius 2 is 2.19 bits per heavy atom. The number of hydrogen-bond acceptors (Lipinski definition) is 8. The van der Waals surface area contributed by atoms with Gasteiger partial charge >= 0.3 is 0 Å². The summed E-state index contributed by atoms with van der Waals surface area (Å²) in [5.41, 5.74) is 7.02. The number of carbonyl (C=O) groups excluding carboxylic acids is 1. The predicted molar refractivity (Wildman–Crippen MR) is 123 cm³/mol. The van der Waals surface area contributed by atoms with E-state index in [4.69, 9.17) is 0 Å². The van der Waals surface area contributed by atoms with E-state index in [1.165, 1.54) is 39.2 Å². The maximum atomic E-state index is 12.5. The highest BCUT2D eigenvalue weighted by atomic mass is 32.2. The molecule has 1 unspecified atom stereocenters. The van der Waals surface area contributed by atoms with E-state index in [2.05, 4.69) is 42.8 Å². The van der Waals surface area contributed by atoms with E-state index in [1.54, 1.807) is 0 Å². The van der Waals surface area contributed by atoms with Crippen LogP contribution in [0.25, 0.3) is 5.00 Å². The Morgan fingerprint density at radius 3 is 3.06 bits per heavy atom. The molecule has 3 N–H and O–H groups in total. The van der Waals surface area contributed by atoms with Gasteiger partial charge in [-0.15, -0.1) is 21.5 Å². The van der Waals surface area contributed by atoms with Gasteiger partial charge in [0, 0.05) is 16.1 Å². The number of aryl methyl sites for hydroxylation is 1. The van der Waals surface area contributed by atoms with E-state index in [1.807, 2.05) is 41.7 Å². The summed E-state index contributed by atoms with van der Waals surface area (Å²) in [7, 11) is 0. The van der Waals surface area contributed by atoms with Crippen molar-refractivity contribution in [2.45, 2.75) is 37.5 Å². The lowest BCUT2D eigenvalue weighted by atomic mass is 9.87. The van der Waals surface area contributed by atoms with Gasteiger partial charge in [0.05, 0.1) is 12.4 Å². The van der Waals surface area contributed by atoms with Crippen molar-refractivity contribution in [3.8, 4) is 5.00 Å². The topological polar surface area (TPSA) is 87.1 Å². The second-order valence-corrected chi connectivity index (χ2v) is 10.2. The van der Waals surface area contributed by atoms with Crippen LogP contribution in [0.15, 0.2) is 35.5 Å². The number of thiophene rings is 1. The van der Waals surface area contributed by atoms with E-state index in [-0.39, 0.29) is 17.8 Å². The number of nitrogens with zero attached hydrogens (tertiary/aromatic N) is 4. The molecule has 6 rings (SSSR count). The average molecular weight is 454 g/mol. The van der Waals surface area contributed by atoms with Crippen LogP contribution in [0.4, 0.5) is 11.6 Å². The number of aromatic nitrogens is 3. The molecule has 0 saturated carbocycles. The molecule has 8 nitrogen and oxygen atoms in total. The van der Waals surface area contributed by atoms with Crippen molar-refractivity contribution in [3.63, 3.8) is 0 Å². The summed E-state index contributed by atoms with van der Waals surface area (Å²) in [6, 6.07) is 9.52. The fourth-order valence-corrected chi connectivity index (χ4v) is 6.74. The number of carbonyl (C=O) groups is 1. The Morgan fingerprint density at radius 1 is 1.32 bits per heavy atom. The molecule has 3 aliphatic rings. The molecule has 0 spiro atoms. The second kappa shape index (κ2) is 7.63. The number of hydrogen-bond donors (Lipinski definition) is 3. The van der Waals surface area contributed by atoms with Crippen molar-refractivity contribution in [1.29, 1.82) is 0 Å². The summed E-state index contributed by atoms with van der Waals surface area (Å²) in [5, 5.41) is 19.4. The monoisotopic (exact) mass is 453 g/mol. The van der Waals surface area contributed by atoms with Crippen LogP contribution >= 0.6 is 23.1 Å². The Bertz CT molecular complexity index is 1140. The molecule has 4 heterocycles. The number of thioether (sulfide) groups is 1. The molecule has 1 aromatic carbocycles. The normalized spacial score (nSPS) is 21.3. The van der Waals surface area contributed by atoms with Crippen molar-refractivity contribution < 1.29 is 4.79 Å². The van der Waals surface area contributed by atoms with E-state index in [0.717, 1.165) is 29.6 Å². The van der Waals surface area contributed by atoms with Gasteiger partial charge in [0.1, 0.15) is 11.2 Å². The lowest BCUT2D eigenvalue weighted by molar-refractivity contribution is -0.113. The minimum Gasteiger partial charge on any atom is -0.325 e. The highest BCUT2D eigenvalue weighted by molar-refractivity contribution is 7.99. The van der Waals surface area contributed by atoms with E-state index in [9.17, 15) is 4.79 Å². The maximum absolute atomic E-state index is 12.5. The van der Waals surface area contributed by atoms with Crippen molar-refractivity contribution in [2.24, 2.45) is 5.92 Å². The molecule has 1 aliphatic carbocycles. The molecule has 3 aromatic rings. The van der Waals surface area contributed by atoms with Gasteiger partial charge < -0.3 is 5.32 Å². The zero-order chi connectivity index (χ0) is 20.9. The van der Waals surface area contributed by atoms with Crippen LogP contribution in [-0.4, -0.2) is 33.1 Å². The first-order valence-electron chi connectivity index (χ1n) is 10.5. The van der Waals surface area contributed by atoms with Gasteiger partial charge in [-0.05, 0) is 42.9 Å². The summed E-state index contributed by atoms with van der Waals surface area (Å²) in [6.45, 7) is 3.03. The summed E-state index contributed by atoms with van der Waals surface area (Å²) in [4.78, 5) is 14.0. The van der Waals surface area contributed by atoms with E-state index in [0.29, 0.717) is 12.6 Å². The smallest absolute Gasteiger partial charge is 0.249 e. The SMILES string of the molecule is C[C@H]1CCc2sc3c(c2C1)C1NCNN1c1nnc(SCC(=O)Nc2ccccc2)n1-3. The van der Waals surface area contributed by atoms with Gasteiger partial charge in [-0.2, -0.15) is 0 Å². The standard InChI is InChI=1S/C21H23N7OS2/c1-12-7-8-15-14(9-12)17-18-22-11-23-28(18)20-25-26-21(27(20)19(17)31-15)30-10-16(29)24-13-5-3-2-4-6-13/h2-6,12,18,22-23H,7-11H2,1H3,(H,24,29)/t12-,18?/m0/s1. The van der Waals surface area contributed by atoms with Crippen molar-refractivity contribution in [1.82, 2.24) is 25.5 Å².